The molecule has 0 saturated carbocycles. The van der Waals surface area contributed by atoms with Gasteiger partial charge in [0.15, 0.2) is 6.54 Å². The minimum Gasteiger partial charge on any atom is -0.467 e. The number of amides is 2. The highest BCUT2D eigenvalue weighted by Gasteiger charge is 2.16. The van der Waals surface area contributed by atoms with Gasteiger partial charge in [-0.2, -0.15) is 0 Å². The molecule has 6 nitrogen and oxygen atoms in total. The van der Waals surface area contributed by atoms with E-state index in [0.717, 1.165) is 10.5 Å². The van der Waals surface area contributed by atoms with E-state index in [2.05, 4.69) is 10.6 Å². The number of benzene rings is 2. The fourth-order valence-electron chi connectivity index (χ4n) is 2.95. The van der Waals surface area contributed by atoms with Gasteiger partial charge >= 0.3 is 0 Å². The van der Waals surface area contributed by atoms with Gasteiger partial charge in [-0.05, 0) is 36.4 Å². The van der Waals surface area contributed by atoms with Crippen molar-refractivity contribution < 1.29 is 23.3 Å². The van der Waals surface area contributed by atoms with Crippen LogP contribution in [-0.4, -0.2) is 25.4 Å². The first-order valence-electron chi connectivity index (χ1n) is 9.26. The van der Waals surface area contributed by atoms with Gasteiger partial charge in [-0.25, -0.2) is 4.39 Å². The predicted molar refractivity (Wildman–Crippen MR) is 107 cm³/mol. The zero-order chi connectivity index (χ0) is 20.6. The van der Waals surface area contributed by atoms with Crippen molar-refractivity contribution in [3.05, 3.63) is 89.6 Å². The Bertz CT molecular complexity index is 956. The molecule has 1 heterocycles. The van der Waals surface area contributed by atoms with E-state index in [1.54, 1.807) is 54.8 Å². The summed E-state index contributed by atoms with van der Waals surface area (Å²) in [7, 11) is 1.88. The highest BCUT2D eigenvalue weighted by molar-refractivity contribution is 6.03. The standard InChI is InChI=1S/C22H22FN3O3/c1-26(14-16-8-10-17(23)11-9-16)15-21(27)25-20-7-3-2-6-19(20)22(28)24-13-18-5-4-12-29-18/h2-12H,13-15H2,1H3,(H,24,28)(H,25,27)/p+1. The van der Waals surface area contributed by atoms with Crippen LogP contribution in [0.1, 0.15) is 21.7 Å². The number of carbonyl (C=O) groups excluding carboxylic acids is 2. The van der Waals surface area contributed by atoms with Gasteiger partial charge < -0.3 is 20.0 Å². The van der Waals surface area contributed by atoms with E-state index in [4.69, 9.17) is 4.42 Å². The van der Waals surface area contributed by atoms with E-state index < -0.39 is 0 Å². The van der Waals surface area contributed by atoms with Crippen molar-refractivity contribution in [2.24, 2.45) is 0 Å². The van der Waals surface area contributed by atoms with Gasteiger partial charge in [0, 0.05) is 5.56 Å². The van der Waals surface area contributed by atoms with Crippen LogP contribution in [0.25, 0.3) is 0 Å². The molecule has 0 radical (unpaired) electrons. The third kappa shape index (κ3) is 6.02. The molecular weight excluding hydrogens is 373 g/mol. The summed E-state index contributed by atoms with van der Waals surface area (Å²) in [6, 6.07) is 16.6. The Balaban J connectivity index is 1.57. The lowest BCUT2D eigenvalue weighted by Crippen LogP contribution is -3.08. The van der Waals surface area contributed by atoms with Gasteiger partial charge in [0.25, 0.3) is 11.8 Å². The lowest BCUT2D eigenvalue weighted by molar-refractivity contribution is -0.885. The number of halogens is 1. The molecule has 0 aliphatic heterocycles. The first-order valence-corrected chi connectivity index (χ1v) is 9.26. The van der Waals surface area contributed by atoms with E-state index in [-0.39, 0.29) is 30.7 Å². The van der Waals surface area contributed by atoms with Crippen LogP contribution < -0.4 is 15.5 Å². The maximum absolute atomic E-state index is 13.0. The summed E-state index contributed by atoms with van der Waals surface area (Å²) in [6.45, 7) is 1.05. The molecule has 1 aromatic heterocycles. The number of quaternary nitrogens is 1. The highest BCUT2D eigenvalue weighted by Crippen LogP contribution is 2.15. The van der Waals surface area contributed by atoms with Crippen LogP contribution in [0.3, 0.4) is 0 Å². The molecule has 0 saturated heterocycles. The van der Waals surface area contributed by atoms with Gasteiger partial charge in [-0.3, -0.25) is 9.59 Å². The molecule has 2 amide bonds. The molecule has 0 spiro atoms. The Kier molecular flexibility index (Phi) is 6.76. The van der Waals surface area contributed by atoms with Crippen LogP contribution in [0.5, 0.6) is 0 Å². The summed E-state index contributed by atoms with van der Waals surface area (Å²) in [5.41, 5.74) is 1.77. The number of hydrogen-bond donors (Lipinski definition) is 3. The molecule has 1 unspecified atom stereocenters. The number of rotatable bonds is 8. The number of para-hydroxylation sites is 1. The van der Waals surface area contributed by atoms with Crippen molar-refractivity contribution in [3.8, 4) is 0 Å². The number of nitrogens with one attached hydrogen (secondary N) is 3. The zero-order valence-electron chi connectivity index (χ0n) is 16.1. The minimum atomic E-state index is -0.302. The van der Waals surface area contributed by atoms with Crippen LogP contribution in [-0.2, 0) is 17.9 Å². The maximum Gasteiger partial charge on any atom is 0.279 e. The van der Waals surface area contributed by atoms with Crippen molar-refractivity contribution in [1.29, 1.82) is 0 Å². The van der Waals surface area contributed by atoms with Crippen LogP contribution in [0.15, 0.2) is 71.3 Å². The molecule has 150 valence electrons. The van der Waals surface area contributed by atoms with E-state index in [1.165, 1.54) is 12.1 Å². The molecule has 7 heteroatoms. The first kappa shape index (κ1) is 20.3. The number of anilines is 1. The van der Waals surface area contributed by atoms with Gasteiger partial charge in [-0.15, -0.1) is 0 Å². The molecule has 0 aliphatic carbocycles. The SMILES string of the molecule is C[NH+](CC(=O)Nc1ccccc1C(=O)NCc1ccco1)Cc1ccc(F)cc1. The van der Waals surface area contributed by atoms with Crippen molar-refractivity contribution in [1.82, 2.24) is 5.32 Å². The van der Waals surface area contributed by atoms with Gasteiger partial charge in [0.05, 0.1) is 31.1 Å². The normalized spacial score (nSPS) is 11.7. The van der Waals surface area contributed by atoms with Crippen molar-refractivity contribution in [3.63, 3.8) is 0 Å². The second-order valence-electron chi connectivity index (χ2n) is 6.79. The second-order valence-corrected chi connectivity index (χ2v) is 6.79. The summed E-state index contributed by atoms with van der Waals surface area (Å²) in [5, 5.41) is 5.58. The number of carbonyl (C=O) groups is 2. The molecule has 29 heavy (non-hydrogen) atoms. The Hall–Kier alpha value is -3.45. The van der Waals surface area contributed by atoms with Crippen molar-refractivity contribution in [2.75, 3.05) is 18.9 Å². The van der Waals surface area contributed by atoms with E-state index in [1.807, 2.05) is 7.05 Å². The average Bonchev–Trinajstić information content (AvgIpc) is 3.22. The molecule has 0 fully saturated rings. The monoisotopic (exact) mass is 396 g/mol. The molecule has 1 atom stereocenters. The van der Waals surface area contributed by atoms with Crippen molar-refractivity contribution in [2.45, 2.75) is 13.1 Å². The quantitative estimate of drug-likeness (QED) is 0.545. The lowest BCUT2D eigenvalue weighted by atomic mass is 10.1. The van der Waals surface area contributed by atoms with Crippen LogP contribution in [0.2, 0.25) is 0 Å². The molecule has 3 N–H and O–H groups in total. The summed E-state index contributed by atoms with van der Waals surface area (Å²) in [4.78, 5) is 25.9. The summed E-state index contributed by atoms with van der Waals surface area (Å²) in [6.07, 6.45) is 1.54. The zero-order valence-corrected chi connectivity index (χ0v) is 16.1. The number of furan rings is 1. The van der Waals surface area contributed by atoms with Crippen molar-refractivity contribution >= 4 is 17.5 Å². The molecular formula is C22H23FN3O3+. The Morgan fingerprint density at radius 3 is 2.52 bits per heavy atom. The lowest BCUT2D eigenvalue weighted by Gasteiger charge is -2.15. The van der Waals surface area contributed by atoms with Gasteiger partial charge in [0.1, 0.15) is 18.1 Å². The van der Waals surface area contributed by atoms with Crippen LogP contribution in [0, 0.1) is 5.82 Å². The van der Waals surface area contributed by atoms with Gasteiger partial charge in [0.2, 0.25) is 0 Å². The second kappa shape index (κ2) is 9.66. The average molecular weight is 396 g/mol. The van der Waals surface area contributed by atoms with Crippen LogP contribution >= 0.6 is 0 Å². The smallest absolute Gasteiger partial charge is 0.279 e. The number of hydrogen-bond acceptors (Lipinski definition) is 3. The highest BCUT2D eigenvalue weighted by atomic mass is 19.1. The van der Waals surface area contributed by atoms with E-state index in [0.29, 0.717) is 23.6 Å². The summed E-state index contributed by atoms with van der Waals surface area (Å²) >= 11 is 0. The molecule has 2 aromatic carbocycles. The Morgan fingerprint density at radius 1 is 1.03 bits per heavy atom. The Morgan fingerprint density at radius 2 is 1.79 bits per heavy atom. The fraction of sp³-hybridized carbons (Fsp3) is 0.182. The third-order valence-electron chi connectivity index (χ3n) is 4.33. The summed E-state index contributed by atoms with van der Waals surface area (Å²) in [5.74, 6) is -0.155. The Labute approximate surface area is 168 Å². The van der Waals surface area contributed by atoms with Crippen LogP contribution in [0.4, 0.5) is 10.1 Å². The van der Waals surface area contributed by atoms with E-state index >= 15 is 0 Å². The fourth-order valence-corrected chi connectivity index (χ4v) is 2.95. The largest absolute Gasteiger partial charge is 0.467 e. The third-order valence-corrected chi connectivity index (χ3v) is 4.33. The summed E-state index contributed by atoms with van der Waals surface area (Å²) < 4.78 is 18.2. The maximum atomic E-state index is 13.0. The predicted octanol–water partition coefficient (Wildman–Crippen LogP) is 2.00. The first-order chi connectivity index (χ1) is 14.0. The minimum absolute atomic E-state index is 0.208. The molecule has 3 rings (SSSR count). The van der Waals surface area contributed by atoms with E-state index in [9.17, 15) is 14.0 Å². The number of likely N-dealkylation sites (N-methyl/N-ethyl adjacent to an activating group) is 1. The molecule has 0 bridgehead atoms. The molecule has 0 aliphatic rings. The molecule has 3 aromatic rings. The topological polar surface area (TPSA) is 75.8 Å². The van der Waals surface area contributed by atoms with Gasteiger partial charge in [-0.1, -0.05) is 24.3 Å².